The number of hydrogen-bond acceptors (Lipinski definition) is 2. The van der Waals surface area contributed by atoms with Crippen LogP contribution in [0.15, 0.2) is 24.3 Å². The van der Waals surface area contributed by atoms with Gasteiger partial charge in [-0.25, -0.2) is 0 Å². The van der Waals surface area contributed by atoms with Crippen molar-refractivity contribution in [2.24, 2.45) is 0 Å². The van der Waals surface area contributed by atoms with E-state index < -0.39 is 0 Å². The van der Waals surface area contributed by atoms with Crippen molar-refractivity contribution in [3.63, 3.8) is 0 Å². The number of rotatable bonds is 4. The minimum absolute atomic E-state index is 0.138. The lowest BCUT2D eigenvalue weighted by molar-refractivity contribution is 0.0986. The van der Waals surface area contributed by atoms with Crippen LogP contribution in [-0.4, -0.2) is 35.2 Å². The van der Waals surface area contributed by atoms with Crippen molar-refractivity contribution in [3.8, 4) is 0 Å². The second kappa shape index (κ2) is 7.23. The Morgan fingerprint density at radius 2 is 1.95 bits per heavy atom. The van der Waals surface area contributed by atoms with Gasteiger partial charge in [-0.1, -0.05) is 18.6 Å². The molecule has 3 nitrogen and oxygen atoms in total. The largest absolute Gasteiger partial charge is 0.361 e. The first-order valence-corrected chi connectivity index (χ1v) is 8.25. The minimum atomic E-state index is 0.138. The fourth-order valence-corrected chi connectivity index (χ4v) is 3.00. The lowest BCUT2D eigenvalue weighted by Crippen LogP contribution is -2.53. The highest BCUT2D eigenvalue weighted by Crippen LogP contribution is 2.19. The normalized spacial score (nSPS) is 16.5. The third-order valence-corrected chi connectivity index (χ3v) is 4.42. The fourth-order valence-electron chi connectivity index (χ4n) is 2.81. The Morgan fingerprint density at radius 1 is 1.24 bits per heavy atom. The maximum atomic E-state index is 5.41. The molecule has 1 aliphatic heterocycles. The maximum absolute atomic E-state index is 5.41. The van der Waals surface area contributed by atoms with E-state index >= 15 is 0 Å². The lowest BCUT2D eigenvalue weighted by atomic mass is 9.98. The second-order valence-corrected chi connectivity index (χ2v) is 6.95. The van der Waals surface area contributed by atoms with Crippen molar-refractivity contribution < 1.29 is 0 Å². The van der Waals surface area contributed by atoms with E-state index in [1.807, 2.05) is 12.1 Å². The molecule has 1 aliphatic rings. The van der Waals surface area contributed by atoms with Gasteiger partial charge >= 0.3 is 0 Å². The number of aryl methyl sites for hydroxylation is 1. The molecule has 116 valence electrons. The standard InChI is InChI=1S/C17H27N3S/c1-14-8-7-9-15(12-14)19-16(21)18-13-17(2,3)20-10-5-4-6-11-20/h7-9,12H,4-6,10-11,13H2,1-3H3,(H2,18,19,21). The monoisotopic (exact) mass is 305 g/mol. The Bertz CT molecular complexity index is 479. The fraction of sp³-hybridized carbons (Fsp3) is 0.588. The van der Waals surface area contributed by atoms with Gasteiger partial charge in [0.25, 0.3) is 0 Å². The first kappa shape index (κ1) is 16.2. The van der Waals surface area contributed by atoms with Crippen molar-refractivity contribution in [3.05, 3.63) is 29.8 Å². The number of hydrogen-bond donors (Lipinski definition) is 2. The van der Waals surface area contributed by atoms with E-state index in [0.717, 1.165) is 12.2 Å². The zero-order valence-corrected chi connectivity index (χ0v) is 14.2. The molecule has 1 heterocycles. The molecule has 21 heavy (non-hydrogen) atoms. The SMILES string of the molecule is Cc1cccc(NC(=S)NCC(C)(C)N2CCCCC2)c1. The quantitative estimate of drug-likeness (QED) is 0.832. The van der Waals surface area contributed by atoms with Crippen LogP contribution in [0.3, 0.4) is 0 Å². The van der Waals surface area contributed by atoms with Crippen molar-refractivity contribution >= 4 is 23.0 Å². The predicted molar refractivity (Wildman–Crippen MR) is 94.9 cm³/mol. The van der Waals surface area contributed by atoms with Gasteiger partial charge < -0.3 is 10.6 Å². The van der Waals surface area contributed by atoms with Crippen LogP contribution in [-0.2, 0) is 0 Å². The molecule has 0 bridgehead atoms. The summed E-state index contributed by atoms with van der Waals surface area (Å²) in [6.07, 6.45) is 4.00. The van der Waals surface area contributed by atoms with E-state index in [-0.39, 0.29) is 5.54 Å². The molecule has 1 fully saturated rings. The van der Waals surface area contributed by atoms with Gasteiger partial charge in [0.05, 0.1) is 0 Å². The van der Waals surface area contributed by atoms with Crippen molar-refractivity contribution in [2.45, 2.75) is 45.6 Å². The summed E-state index contributed by atoms with van der Waals surface area (Å²) in [5.74, 6) is 0. The van der Waals surface area contributed by atoms with Crippen LogP contribution < -0.4 is 10.6 Å². The average Bonchev–Trinajstić information content (AvgIpc) is 2.46. The number of thiocarbonyl (C=S) groups is 1. The third-order valence-electron chi connectivity index (χ3n) is 4.17. The van der Waals surface area contributed by atoms with Crippen LogP contribution in [0.4, 0.5) is 5.69 Å². The zero-order chi connectivity index (χ0) is 15.3. The van der Waals surface area contributed by atoms with Gasteiger partial charge in [-0.15, -0.1) is 0 Å². The molecule has 0 radical (unpaired) electrons. The highest BCUT2D eigenvalue weighted by molar-refractivity contribution is 7.80. The molecule has 1 aromatic rings. The minimum Gasteiger partial charge on any atom is -0.361 e. The molecule has 1 saturated heterocycles. The van der Waals surface area contributed by atoms with Crippen LogP contribution in [0.2, 0.25) is 0 Å². The number of nitrogens with one attached hydrogen (secondary N) is 2. The summed E-state index contributed by atoms with van der Waals surface area (Å²) in [6, 6.07) is 8.26. The van der Waals surface area contributed by atoms with Gasteiger partial charge in [0, 0.05) is 17.8 Å². The Kier molecular flexibility index (Phi) is 5.59. The van der Waals surface area contributed by atoms with E-state index in [1.54, 1.807) is 0 Å². The van der Waals surface area contributed by atoms with Gasteiger partial charge in [-0.3, -0.25) is 4.90 Å². The topological polar surface area (TPSA) is 27.3 Å². The Hall–Kier alpha value is -1.13. The summed E-state index contributed by atoms with van der Waals surface area (Å²) in [4.78, 5) is 2.57. The lowest BCUT2D eigenvalue weighted by Gasteiger charge is -2.41. The smallest absolute Gasteiger partial charge is 0.170 e. The number of anilines is 1. The maximum Gasteiger partial charge on any atom is 0.170 e. The van der Waals surface area contributed by atoms with E-state index in [0.29, 0.717) is 5.11 Å². The van der Waals surface area contributed by atoms with E-state index in [9.17, 15) is 0 Å². The van der Waals surface area contributed by atoms with E-state index in [2.05, 4.69) is 48.4 Å². The first-order chi connectivity index (χ1) is 9.97. The molecule has 0 unspecified atom stereocenters. The molecule has 2 N–H and O–H groups in total. The number of likely N-dealkylation sites (tertiary alicyclic amines) is 1. The Morgan fingerprint density at radius 3 is 2.62 bits per heavy atom. The summed E-state index contributed by atoms with van der Waals surface area (Å²) < 4.78 is 0. The summed E-state index contributed by atoms with van der Waals surface area (Å²) in [7, 11) is 0. The van der Waals surface area contributed by atoms with Crippen LogP contribution in [0.5, 0.6) is 0 Å². The molecule has 0 spiro atoms. The van der Waals surface area contributed by atoms with Gasteiger partial charge in [0.15, 0.2) is 5.11 Å². The zero-order valence-electron chi connectivity index (χ0n) is 13.4. The molecule has 0 atom stereocenters. The van der Waals surface area contributed by atoms with Gasteiger partial charge in [0.1, 0.15) is 0 Å². The molecule has 0 aliphatic carbocycles. The molecule has 0 amide bonds. The molecule has 0 saturated carbocycles. The predicted octanol–water partition coefficient (Wildman–Crippen LogP) is 3.55. The number of benzene rings is 1. The number of nitrogens with zero attached hydrogens (tertiary/aromatic N) is 1. The highest BCUT2D eigenvalue weighted by atomic mass is 32.1. The summed E-state index contributed by atoms with van der Waals surface area (Å²) in [5.41, 5.74) is 2.42. The van der Waals surface area contributed by atoms with E-state index in [4.69, 9.17) is 12.2 Å². The summed E-state index contributed by atoms with van der Waals surface area (Å²) >= 11 is 5.41. The van der Waals surface area contributed by atoms with Gasteiger partial charge in [0.2, 0.25) is 0 Å². The molecular weight excluding hydrogens is 278 g/mol. The highest BCUT2D eigenvalue weighted by Gasteiger charge is 2.27. The second-order valence-electron chi connectivity index (χ2n) is 6.54. The first-order valence-electron chi connectivity index (χ1n) is 7.84. The molecule has 4 heteroatoms. The van der Waals surface area contributed by atoms with Crippen molar-refractivity contribution in [1.82, 2.24) is 10.2 Å². The van der Waals surface area contributed by atoms with E-state index in [1.165, 1.54) is 37.9 Å². The summed E-state index contributed by atoms with van der Waals surface area (Å²) in [6.45, 7) is 9.94. The molecule has 1 aromatic carbocycles. The van der Waals surface area contributed by atoms with Crippen LogP contribution in [0.1, 0.15) is 38.7 Å². The van der Waals surface area contributed by atoms with Crippen molar-refractivity contribution in [1.29, 1.82) is 0 Å². The van der Waals surface area contributed by atoms with Crippen LogP contribution in [0.25, 0.3) is 0 Å². The van der Waals surface area contributed by atoms with Crippen LogP contribution >= 0.6 is 12.2 Å². The Labute approximate surface area is 134 Å². The van der Waals surface area contributed by atoms with Gasteiger partial charge in [-0.05, 0) is 76.6 Å². The Balaban J connectivity index is 1.82. The average molecular weight is 305 g/mol. The van der Waals surface area contributed by atoms with Gasteiger partial charge in [-0.2, -0.15) is 0 Å². The third kappa shape index (κ3) is 4.97. The molecule has 0 aromatic heterocycles. The van der Waals surface area contributed by atoms with Crippen LogP contribution in [0, 0.1) is 6.92 Å². The number of piperidine rings is 1. The molecule has 2 rings (SSSR count). The molecular formula is C17H27N3S. The summed E-state index contributed by atoms with van der Waals surface area (Å²) in [5, 5.41) is 7.33. The van der Waals surface area contributed by atoms with Crippen molar-refractivity contribution in [2.75, 3.05) is 25.0 Å².